The molecule has 160 valence electrons. The number of fused-ring (bicyclic) bond motifs is 1. The molecular formula is C20H23N3O6S. The van der Waals surface area contributed by atoms with E-state index in [0.717, 1.165) is 5.56 Å². The molecule has 1 saturated heterocycles. The topological polar surface area (TPSA) is 97.4 Å². The van der Waals surface area contributed by atoms with Crippen LogP contribution in [0, 0.1) is 0 Å². The zero-order valence-electron chi connectivity index (χ0n) is 16.5. The van der Waals surface area contributed by atoms with Crippen molar-refractivity contribution in [3.8, 4) is 17.2 Å². The molecule has 1 amide bonds. The highest BCUT2D eigenvalue weighted by molar-refractivity contribution is 7.86. The minimum Gasteiger partial charge on any atom is -0.497 e. The van der Waals surface area contributed by atoms with Crippen molar-refractivity contribution >= 4 is 21.8 Å². The van der Waals surface area contributed by atoms with Gasteiger partial charge in [-0.2, -0.15) is 17.0 Å². The lowest BCUT2D eigenvalue weighted by molar-refractivity contribution is -0.116. The SMILES string of the molecule is COc1ccc(CN2CCCN(CC(=O)Nc3ccc4c(c3)OCO4)S2(=O)=O)cc1. The van der Waals surface area contributed by atoms with Crippen molar-refractivity contribution in [3.05, 3.63) is 48.0 Å². The van der Waals surface area contributed by atoms with Crippen molar-refractivity contribution in [3.63, 3.8) is 0 Å². The van der Waals surface area contributed by atoms with Crippen LogP contribution < -0.4 is 19.5 Å². The Morgan fingerprint density at radius 1 is 1.07 bits per heavy atom. The van der Waals surface area contributed by atoms with Crippen LogP contribution in [0.4, 0.5) is 5.69 Å². The second kappa shape index (κ2) is 8.50. The van der Waals surface area contributed by atoms with Crippen LogP contribution in [-0.4, -0.2) is 56.5 Å². The molecule has 9 nitrogen and oxygen atoms in total. The van der Waals surface area contributed by atoms with E-state index in [1.54, 1.807) is 37.4 Å². The number of carbonyl (C=O) groups excluding carboxylic acids is 1. The highest BCUT2D eigenvalue weighted by atomic mass is 32.2. The van der Waals surface area contributed by atoms with E-state index in [4.69, 9.17) is 14.2 Å². The fourth-order valence-electron chi connectivity index (χ4n) is 3.41. The van der Waals surface area contributed by atoms with Crippen LogP contribution in [0.25, 0.3) is 0 Å². The van der Waals surface area contributed by atoms with Gasteiger partial charge in [-0.1, -0.05) is 12.1 Å². The number of ether oxygens (including phenoxy) is 3. The van der Waals surface area contributed by atoms with Crippen LogP contribution in [0.1, 0.15) is 12.0 Å². The number of nitrogens with zero attached hydrogens (tertiary/aromatic N) is 2. The minimum atomic E-state index is -3.75. The number of hydrogen-bond acceptors (Lipinski definition) is 6. The predicted octanol–water partition coefficient (Wildman–Crippen LogP) is 1.82. The molecule has 0 spiro atoms. The summed E-state index contributed by atoms with van der Waals surface area (Å²) in [4.78, 5) is 12.5. The van der Waals surface area contributed by atoms with Crippen molar-refractivity contribution in [1.82, 2.24) is 8.61 Å². The summed E-state index contributed by atoms with van der Waals surface area (Å²) in [5, 5.41) is 2.72. The van der Waals surface area contributed by atoms with Crippen molar-refractivity contribution in [2.24, 2.45) is 0 Å². The molecule has 30 heavy (non-hydrogen) atoms. The fraction of sp³-hybridized carbons (Fsp3) is 0.350. The van der Waals surface area contributed by atoms with Crippen molar-refractivity contribution in [2.75, 3.05) is 38.9 Å². The van der Waals surface area contributed by atoms with Crippen molar-refractivity contribution in [1.29, 1.82) is 0 Å². The summed E-state index contributed by atoms with van der Waals surface area (Å²) in [6, 6.07) is 12.3. The first-order valence-corrected chi connectivity index (χ1v) is 10.9. The highest BCUT2D eigenvalue weighted by Gasteiger charge is 2.34. The Morgan fingerprint density at radius 3 is 2.57 bits per heavy atom. The normalized spacial score (nSPS) is 18.2. The molecule has 2 aromatic carbocycles. The minimum absolute atomic E-state index is 0.142. The fourth-order valence-corrected chi connectivity index (χ4v) is 5.05. The maximum atomic E-state index is 13.0. The second-order valence-corrected chi connectivity index (χ2v) is 8.92. The first-order valence-electron chi connectivity index (χ1n) is 9.53. The van der Waals surface area contributed by atoms with Gasteiger partial charge in [0, 0.05) is 31.4 Å². The van der Waals surface area contributed by atoms with E-state index >= 15 is 0 Å². The maximum absolute atomic E-state index is 13.0. The number of methoxy groups -OCH3 is 1. The average molecular weight is 433 g/mol. The number of anilines is 1. The lowest BCUT2D eigenvalue weighted by atomic mass is 10.2. The zero-order chi connectivity index (χ0) is 21.1. The Hall–Kier alpha value is -2.82. The number of nitrogens with one attached hydrogen (secondary N) is 1. The Kier molecular flexibility index (Phi) is 5.80. The molecule has 0 aliphatic carbocycles. The van der Waals surface area contributed by atoms with Crippen LogP contribution in [-0.2, 0) is 21.5 Å². The molecular weight excluding hydrogens is 410 g/mol. The van der Waals surface area contributed by atoms with E-state index in [0.29, 0.717) is 42.4 Å². The molecule has 2 aromatic rings. The molecule has 1 fully saturated rings. The van der Waals surface area contributed by atoms with Crippen LogP contribution >= 0.6 is 0 Å². The van der Waals surface area contributed by atoms with E-state index in [2.05, 4.69) is 5.32 Å². The molecule has 1 N–H and O–H groups in total. The second-order valence-electron chi connectivity index (χ2n) is 6.99. The largest absolute Gasteiger partial charge is 0.497 e. The van der Waals surface area contributed by atoms with Gasteiger partial charge < -0.3 is 19.5 Å². The van der Waals surface area contributed by atoms with Crippen LogP contribution in [0.2, 0.25) is 0 Å². The van der Waals surface area contributed by atoms with Crippen molar-refractivity contribution in [2.45, 2.75) is 13.0 Å². The monoisotopic (exact) mass is 433 g/mol. The summed E-state index contributed by atoms with van der Waals surface area (Å²) in [7, 11) is -2.17. The lowest BCUT2D eigenvalue weighted by Gasteiger charge is -2.34. The summed E-state index contributed by atoms with van der Waals surface area (Å²) in [5.74, 6) is 1.45. The first-order chi connectivity index (χ1) is 14.5. The summed E-state index contributed by atoms with van der Waals surface area (Å²) in [6.45, 7) is 0.843. The Balaban J connectivity index is 1.40. The molecule has 0 radical (unpaired) electrons. The number of benzene rings is 2. The molecule has 2 heterocycles. The maximum Gasteiger partial charge on any atom is 0.282 e. The third-order valence-electron chi connectivity index (χ3n) is 4.96. The van der Waals surface area contributed by atoms with E-state index in [1.165, 1.54) is 8.61 Å². The third kappa shape index (κ3) is 4.35. The van der Waals surface area contributed by atoms with Crippen molar-refractivity contribution < 1.29 is 27.4 Å². The average Bonchev–Trinajstić information content (AvgIpc) is 3.19. The summed E-state index contributed by atoms with van der Waals surface area (Å²) in [5.41, 5.74) is 1.37. The van der Waals surface area contributed by atoms with Gasteiger partial charge in [0.2, 0.25) is 12.7 Å². The van der Waals surface area contributed by atoms with E-state index in [-0.39, 0.29) is 19.9 Å². The summed E-state index contributed by atoms with van der Waals surface area (Å²) < 4.78 is 44.3. The first kappa shape index (κ1) is 20.5. The number of rotatable bonds is 6. The van der Waals surface area contributed by atoms with Gasteiger partial charge in [0.25, 0.3) is 10.2 Å². The van der Waals surface area contributed by atoms with E-state index in [9.17, 15) is 13.2 Å². The van der Waals surface area contributed by atoms with Gasteiger partial charge in [0.15, 0.2) is 11.5 Å². The van der Waals surface area contributed by atoms with Crippen LogP contribution in [0.15, 0.2) is 42.5 Å². The molecule has 4 rings (SSSR count). The molecule has 0 aromatic heterocycles. The molecule has 10 heteroatoms. The van der Waals surface area contributed by atoms with E-state index in [1.807, 2.05) is 12.1 Å². The highest BCUT2D eigenvalue weighted by Crippen LogP contribution is 2.34. The summed E-state index contributed by atoms with van der Waals surface area (Å²) in [6.07, 6.45) is 0.646. The molecule has 2 aliphatic rings. The summed E-state index contributed by atoms with van der Waals surface area (Å²) >= 11 is 0. The molecule has 2 aliphatic heterocycles. The number of carbonyl (C=O) groups is 1. The number of hydrogen-bond donors (Lipinski definition) is 1. The zero-order valence-corrected chi connectivity index (χ0v) is 17.4. The van der Waals surface area contributed by atoms with Crippen LogP contribution in [0.3, 0.4) is 0 Å². The predicted molar refractivity (Wildman–Crippen MR) is 110 cm³/mol. The van der Waals surface area contributed by atoms with Crippen LogP contribution in [0.5, 0.6) is 17.2 Å². The third-order valence-corrected chi connectivity index (χ3v) is 6.89. The molecule has 0 saturated carbocycles. The van der Waals surface area contributed by atoms with Gasteiger partial charge in [-0.05, 0) is 36.2 Å². The standard InChI is InChI=1S/C20H23N3O6S/c1-27-17-6-3-15(4-7-17)12-22-9-2-10-23(30(22,25)26)13-20(24)21-16-5-8-18-19(11-16)29-14-28-18/h3-8,11H,2,9-10,12-14H2,1H3,(H,21,24). The molecule has 0 unspecified atom stereocenters. The van der Waals surface area contributed by atoms with Gasteiger partial charge in [0.05, 0.1) is 13.7 Å². The van der Waals surface area contributed by atoms with Gasteiger partial charge in [-0.15, -0.1) is 0 Å². The van der Waals surface area contributed by atoms with Gasteiger partial charge >= 0.3 is 0 Å². The Labute approximate surface area is 175 Å². The van der Waals surface area contributed by atoms with Gasteiger partial charge in [-0.3, -0.25) is 4.79 Å². The quantitative estimate of drug-likeness (QED) is 0.746. The smallest absolute Gasteiger partial charge is 0.282 e. The molecule has 0 atom stereocenters. The van der Waals surface area contributed by atoms with Gasteiger partial charge in [-0.25, -0.2) is 0 Å². The Bertz CT molecular complexity index is 1030. The van der Waals surface area contributed by atoms with Gasteiger partial charge in [0.1, 0.15) is 5.75 Å². The number of amides is 1. The molecule has 0 bridgehead atoms. The lowest BCUT2D eigenvalue weighted by Crippen LogP contribution is -2.51. The van der Waals surface area contributed by atoms with E-state index < -0.39 is 16.1 Å². The Morgan fingerprint density at radius 2 is 1.80 bits per heavy atom.